The minimum atomic E-state index is 0.782. The minimum Gasteiger partial charge on any atom is -0.400 e. The normalized spacial score (nSPS) is 14.5. The summed E-state index contributed by atoms with van der Waals surface area (Å²) in [6, 6.07) is 9.02. The van der Waals surface area contributed by atoms with Crippen molar-refractivity contribution in [2.75, 3.05) is 19.0 Å². The fourth-order valence-corrected chi connectivity index (χ4v) is 1.83. The molecule has 0 saturated carbocycles. The van der Waals surface area contributed by atoms with Crippen molar-refractivity contribution >= 4 is 11.7 Å². The number of amidine groups is 1. The quantitative estimate of drug-likeness (QED) is 0.687. The molecule has 3 heteroatoms. The van der Waals surface area contributed by atoms with E-state index in [-0.39, 0.29) is 0 Å². The number of aryl methyl sites for hydroxylation is 1. The third-order valence-electron chi connectivity index (χ3n) is 2.74. The van der Waals surface area contributed by atoms with Crippen LogP contribution in [0.3, 0.4) is 0 Å². The van der Waals surface area contributed by atoms with Crippen LogP contribution in [0, 0.1) is 6.92 Å². The van der Waals surface area contributed by atoms with Gasteiger partial charge < -0.3 is 4.74 Å². The van der Waals surface area contributed by atoms with E-state index in [1.54, 1.807) is 6.26 Å². The number of ether oxygens (including phenoxy) is 1. The molecule has 1 aromatic carbocycles. The van der Waals surface area contributed by atoms with Crippen LogP contribution in [0.25, 0.3) is 0 Å². The summed E-state index contributed by atoms with van der Waals surface area (Å²) >= 11 is 0. The van der Waals surface area contributed by atoms with Crippen LogP contribution < -0.4 is 4.90 Å². The first-order valence-corrected chi connectivity index (χ1v) is 5.59. The van der Waals surface area contributed by atoms with E-state index in [1.807, 2.05) is 54.1 Å². The number of hydrogen-bond donors (Lipinski definition) is 0. The Kier molecular flexibility index (Phi) is 3.28. The molecule has 3 nitrogen and oxygen atoms in total. The molecule has 0 spiro atoms. The molecule has 0 saturated heterocycles. The van der Waals surface area contributed by atoms with Crippen LogP contribution in [-0.4, -0.2) is 24.7 Å². The standard InChI is InChI=1S/C14H17N2O/c1-12-8-4-5-9-13(12)16(3)14-15(2)10-6-7-11-17-14/h4-11H,1-3H3/q+1. The molecule has 0 atom stereocenters. The Morgan fingerprint density at radius 3 is 2.71 bits per heavy atom. The lowest BCUT2D eigenvalue weighted by molar-refractivity contribution is -0.432. The first-order chi connectivity index (χ1) is 8.20. The van der Waals surface area contributed by atoms with Crippen molar-refractivity contribution in [1.29, 1.82) is 0 Å². The lowest BCUT2D eigenvalue weighted by atomic mass is 10.2. The van der Waals surface area contributed by atoms with E-state index in [4.69, 9.17) is 4.74 Å². The second kappa shape index (κ2) is 4.87. The Labute approximate surface area is 102 Å². The molecule has 0 aliphatic carbocycles. The molecule has 0 bridgehead atoms. The van der Waals surface area contributed by atoms with Gasteiger partial charge in [-0.05, 0) is 30.7 Å². The van der Waals surface area contributed by atoms with Gasteiger partial charge in [-0.25, -0.2) is 4.58 Å². The van der Waals surface area contributed by atoms with Crippen molar-refractivity contribution in [3.63, 3.8) is 0 Å². The Morgan fingerprint density at radius 2 is 1.94 bits per heavy atom. The van der Waals surface area contributed by atoms with E-state index in [0.717, 1.165) is 11.7 Å². The maximum absolute atomic E-state index is 5.61. The first-order valence-electron chi connectivity index (χ1n) is 5.59. The second-order valence-electron chi connectivity index (χ2n) is 4.03. The number of rotatable bonds is 1. The molecule has 0 amide bonds. The van der Waals surface area contributed by atoms with Gasteiger partial charge in [-0.15, -0.1) is 0 Å². The molecule has 88 valence electrons. The lowest BCUT2D eigenvalue weighted by Crippen LogP contribution is -2.33. The fraction of sp³-hybridized carbons (Fsp3) is 0.214. The average Bonchev–Trinajstić information content (AvgIpc) is 2.54. The van der Waals surface area contributed by atoms with Gasteiger partial charge in [-0.2, -0.15) is 4.90 Å². The highest BCUT2D eigenvalue weighted by Gasteiger charge is 2.22. The molecule has 0 unspecified atom stereocenters. The second-order valence-corrected chi connectivity index (χ2v) is 4.03. The van der Waals surface area contributed by atoms with E-state index in [1.165, 1.54) is 5.56 Å². The molecule has 1 aliphatic rings. The highest BCUT2D eigenvalue weighted by molar-refractivity contribution is 5.89. The maximum Gasteiger partial charge on any atom is 0.460 e. The summed E-state index contributed by atoms with van der Waals surface area (Å²) in [5, 5.41) is 0. The van der Waals surface area contributed by atoms with Gasteiger partial charge in [0.2, 0.25) is 0 Å². The SMILES string of the molecule is Cc1ccccc1N(C)C1=[N+](C)C=CC=CO1. The molecule has 0 radical (unpaired) electrons. The van der Waals surface area contributed by atoms with Crippen molar-refractivity contribution in [3.05, 3.63) is 54.4 Å². The number of para-hydroxylation sites is 1. The zero-order chi connectivity index (χ0) is 12.3. The molecule has 17 heavy (non-hydrogen) atoms. The van der Waals surface area contributed by atoms with Gasteiger partial charge in [0.25, 0.3) is 0 Å². The van der Waals surface area contributed by atoms with Crippen molar-refractivity contribution in [2.45, 2.75) is 6.92 Å². The molecule has 1 heterocycles. The zero-order valence-electron chi connectivity index (χ0n) is 10.4. The van der Waals surface area contributed by atoms with E-state index < -0.39 is 0 Å². The highest BCUT2D eigenvalue weighted by atomic mass is 16.5. The smallest absolute Gasteiger partial charge is 0.400 e. The van der Waals surface area contributed by atoms with E-state index in [0.29, 0.717) is 0 Å². The van der Waals surface area contributed by atoms with Gasteiger partial charge >= 0.3 is 6.02 Å². The number of anilines is 1. The largest absolute Gasteiger partial charge is 0.460 e. The number of hydrogen-bond acceptors (Lipinski definition) is 2. The van der Waals surface area contributed by atoms with Crippen LogP contribution in [-0.2, 0) is 4.74 Å². The van der Waals surface area contributed by atoms with Crippen molar-refractivity contribution in [1.82, 2.24) is 0 Å². The first kappa shape index (κ1) is 11.5. The van der Waals surface area contributed by atoms with E-state index >= 15 is 0 Å². The molecule has 2 rings (SSSR count). The highest BCUT2D eigenvalue weighted by Crippen LogP contribution is 2.18. The summed E-state index contributed by atoms with van der Waals surface area (Å²) in [5.74, 6) is 0. The van der Waals surface area contributed by atoms with Crippen LogP contribution in [0.1, 0.15) is 5.56 Å². The fourth-order valence-electron chi connectivity index (χ4n) is 1.83. The van der Waals surface area contributed by atoms with Crippen LogP contribution in [0.2, 0.25) is 0 Å². The minimum absolute atomic E-state index is 0.782. The summed E-state index contributed by atoms with van der Waals surface area (Å²) in [5.41, 5.74) is 2.36. The molecule has 1 aliphatic heterocycles. The molecule has 1 aromatic rings. The Morgan fingerprint density at radius 1 is 1.18 bits per heavy atom. The van der Waals surface area contributed by atoms with Crippen LogP contribution in [0.15, 0.2) is 48.9 Å². The monoisotopic (exact) mass is 229 g/mol. The molecule has 0 fully saturated rings. The maximum atomic E-state index is 5.61. The number of allylic oxidation sites excluding steroid dienone is 2. The Balaban J connectivity index is 2.38. The van der Waals surface area contributed by atoms with E-state index in [9.17, 15) is 0 Å². The predicted octanol–water partition coefficient (Wildman–Crippen LogP) is 2.49. The summed E-state index contributed by atoms with van der Waals surface area (Å²) < 4.78 is 7.56. The number of nitrogens with zero attached hydrogens (tertiary/aromatic N) is 2. The summed E-state index contributed by atoms with van der Waals surface area (Å²) in [6.07, 6.45) is 7.46. The van der Waals surface area contributed by atoms with Crippen LogP contribution >= 0.6 is 0 Å². The zero-order valence-corrected chi connectivity index (χ0v) is 10.4. The number of benzene rings is 1. The van der Waals surface area contributed by atoms with Gasteiger partial charge in [0.15, 0.2) is 0 Å². The van der Waals surface area contributed by atoms with Gasteiger partial charge in [0.1, 0.15) is 5.69 Å². The van der Waals surface area contributed by atoms with Crippen LogP contribution in [0.4, 0.5) is 5.69 Å². The Bertz CT molecular complexity index is 501. The van der Waals surface area contributed by atoms with Gasteiger partial charge in [-0.1, -0.05) is 18.2 Å². The van der Waals surface area contributed by atoms with Gasteiger partial charge in [-0.3, -0.25) is 0 Å². The van der Waals surface area contributed by atoms with Crippen molar-refractivity contribution in [2.24, 2.45) is 0 Å². The Hall–Kier alpha value is -2.03. The third kappa shape index (κ3) is 2.38. The summed E-state index contributed by atoms with van der Waals surface area (Å²) in [4.78, 5) is 2.04. The van der Waals surface area contributed by atoms with Gasteiger partial charge in [0.05, 0.1) is 26.6 Å². The summed E-state index contributed by atoms with van der Waals surface area (Å²) in [6.45, 7) is 2.09. The topological polar surface area (TPSA) is 15.5 Å². The predicted molar refractivity (Wildman–Crippen MR) is 70.1 cm³/mol. The molecular weight excluding hydrogens is 212 g/mol. The van der Waals surface area contributed by atoms with Gasteiger partial charge in [0, 0.05) is 0 Å². The van der Waals surface area contributed by atoms with Crippen molar-refractivity contribution in [3.8, 4) is 0 Å². The third-order valence-corrected chi connectivity index (χ3v) is 2.74. The molecular formula is C14H17N2O+. The lowest BCUT2D eigenvalue weighted by Gasteiger charge is -2.15. The molecule has 0 N–H and O–H groups in total. The van der Waals surface area contributed by atoms with Crippen molar-refractivity contribution < 1.29 is 9.31 Å². The van der Waals surface area contributed by atoms with Crippen LogP contribution in [0.5, 0.6) is 0 Å². The average molecular weight is 229 g/mol. The molecule has 0 aromatic heterocycles. The summed E-state index contributed by atoms with van der Waals surface area (Å²) in [7, 11) is 3.97. The van der Waals surface area contributed by atoms with E-state index in [2.05, 4.69) is 19.1 Å².